The van der Waals surface area contributed by atoms with Crippen LogP contribution in [0.1, 0.15) is 6.92 Å². The summed E-state index contributed by atoms with van der Waals surface area (Å²) in [6.45, 7) is 1.47. The minimum Gasteiger partial charge on any atom is -1.00 e. The Hall–Kier alpha value is -1.35. The van der Waals surface area contributed by atoms with E-state index in [9.17, 15) is 4.79 Å². The lowest BCUT2D eigenvalue weighted by Gasteiger charge is -1.87. The van der Waals surface area contributed by atoms with Crippen LogP contribution < -0.4 is 17.0 Å². The molecule has 1 heterocycles. The Kier molecular flexibility index (Phi) is 4.77. The molecular formula is C9H10ClNO2. The second kappa shape index (κ2) is 5.32. The second-order valence-corrected chi connectivity index (χ2v) is 2.44. The molecule has 0 saturated heterocycles. The zero-order chi connectivity index (χ0) is 8.97. The summed E-state index contributed by atoms with van der Waals surface area (Å²) in [6.07, 6.45) is 6.26. The van der Waals surface area contributed by atoms with Crippen LogP contribution >= 0.6 is 0 Å². The highest BCUT2D eigenvalue weighted by molar-refractivity contribution is 5.89. The molecule has 0 spiro atoms. The van der Waals surface area contributed by atoms with E-state index in [0.717, 1.165) is 0 Å². The molecule has 0 fully saturated rings. The van der Waals surface area contributed by atoms with Gasteiger partial charge in [0.1, 0.15) is 0 Å². The summed E-state index contributed by atoms with van der Waals surface area (Å²) in [5, 5.41) is 9.04. The quantitative estimate of drug-likeness (QED) is 0.432. The maximum Gasteiger partial charge on any atom is 0.216 e. The molecule has 0 saturated carbocycles. The van der Waals surface area contributed by atoms with E-state index in [0.29, 0.717) is 0 Å². The van der Waals surface area contributed by atoms with Crippen LogP contribution in [-0.4, -0.2) is 10.9 Å². The van der Waals surface area contributed by atoms with Crippen molar-refractivity contribution in [3.63, 3.8) is 0 Å². The summed E-state index contributed by atoms with van der Waals surface area (Å²) in [5.74, 6) is 0.150. The first-order chi connectivity index (χ1) is 5.68. The minimum absolute atomic E-state index is 0. The molecule has 0 amide bonds. The predicted molar refractivity (Wildman–Crippen MR) is 44.3 cm³/mol. The topological polar surface area (TPSA) is 41.2 Å². The maximum atomic E-state index is 10.5. The van der Waals surface area contributed by atoms with Gasteiger partial charge in [-0.05, 0) is 13.0 Å². The third kappa shape index (κ3) is 4.28. The van der Waals surface area contributed by atoms with Crippen molar-refractivity contribution in [1.82, 2.24) is 0 Å². The van der Waals surface area contributed by atoms with Crippen molar-refractivity contribution in [2.24, 2.45) is 0 Å². The first-order valence-corrected chi connectivity index (χ1v) is 3.57. The lowest BCUT2D eigenvalue weighted by molar-refractivity contribution is -0.568. The van der Waals surface area contributed by atoms with Gasteiger partial charge in [-0.15, -0.1) is 0 Å². The molecule has 0 unspecified atom stereocenters. The van der Waals surface area contributed by atoms with Crippen molar-refractivity contribution in [1.29, 1.82) is 0 Å². The normalized spacial score (nSPS) is 9.62. The average Bonchev–Trinajstić information content (AvgIpc) is 2.01. The number of pyridine rings is 1. The predicted octanol–water partition coefficient (Wildman–Crippen LogP) is -2.26. The van der Waals surface area contributed by atoms with Crippen LogP contribution in [0.5, 0.6) is 5.75 Å². The largest absolute Gasteiger partial charge is 1.00 e. The van der Waals surface area contributed by atoms with Crippen molar-refractivity contribution in [2.45, 2.75) is 6.92 Å². The molecule has 0 aliphatic carbocycles. The summed E-state index contributed by atoms with van der Waals surface area (Å²) in [5.41, 5.74) is 0. The van der Waals surface area contributed by atoms with Crippen molar-refractivity contribution in [2.75, 3.05) is 0 Å². The third-order valence-corrected chi connectivity index (χ3v) is 1.29. The van der Waals surface area contributed by atoms with E-state index < -0.39 is 0 Å². The van der Waals surface area contributed by atoms with Crippen LogP contribution in [0.3, 0.4) is 0 Å². The number of rotatable bonds is 2. The van der Waals surface area contributed by atoms with Crippen LogP contribution in [-0.2, 0) is 4.79 Å². The van der Waals surface area contributed by atoms with E-state index in [-0.39, 0.29) is 23.9 Å². The van der Waals surface area contributed by atoms with Gasteiger partial charge in [-0.1, -0.05) is 0 Å². The van der Waals surface area contributed by atoms with E-state index >= 15 is 0 Å². The van der Waals surface area contributed by atoms with Crippen LogP contribution in [0.4, 0.5) is 0 Å². The molecular weight excluding hydrogens is 190 g/mol. The van der Waals surface area contributed by atoms with Crippen LogP contribution in [0.15, 0.2) is 30.6 Å². The SMILES string of the molecule is CC(=O)/C=C/[n+]1cccc(O)c1.[Cl-]. The number of carbonyl (C=O) groups excluding carboxylic acids is 1. The number of carbonyl (C=O) groups is 1. The average molecular weight is 200 g/mol. The van der Waals surface area contributed by atoms with Gasteiger partial charge in [-0.2, -0.15) is 4.57 Å². The minimum atomic E-state index is -0.0224. The fourth-order valence-corrected chi connectivity index (χ4v) is 0.764. The summed E-state index contributed by atoms with van der Waals surface area (Å²) in [4.78, 5) is 10.5. The number of nitrogens with zero attached hydrogens (tertiary/aromatic N) is 1. The third-order valence-electron chi connectivity index (χ3n) is 1.29. The summed E-state index contributed by atoms with van der Waals surface area (Å²) >= 11 is 0. The van der Waals surface area contributed by atoms with Gasteiger partial charge in [-0.25, -0.2) is 0 Å². The molecule has 70 valence electrons. The number of halogens is 1. The van der Waals surface area contributed by atoms with Crippen LogP contribution in [0.25, 0.3) is 6.20 Å². The molecule has 1 N–H and O–H groups in total. The van der Waals surface area contributed by atoms with Crippen molar-refractivity contribution >= 4 is 12.0 Å². The van der Waals surface area contributed by atoms with E-state index in [1.807, 2.05) is 0 Å². The van der Waals surface area contributed by atoms with Gasteiger partial charge in [0.25, 0.3) is 0 Å². The Bertz CT molecular complexity index is 323. The molecule has 0 aliphatic rings. The number of hydrogen-bond donors (Lipinski definition) is 1. The van der Waals surface area contributed by atoms with E-state index in [4.69, 9.17) is 5.11 Å². The first-order valence-electron chi connectivity index (χ1n) is 3.57. The molecule has 0 aliphatic heterocycles. The molecule has 4 heteroatoms. The Morgan fingerprint density at radius 3 is 2.85 bits per heavy atom. The lowest BCUT2D eigenvalue weighted by atomic mass is 10.4. The van der Waals surface area contributed by atoms with Gasteiger partial charge in [0, 0.05) is 12.1 Å². The summed E-state index contributed by atoms with van der Waals surface area (Å²) in [7, 11) is 0. The molecule has 1 rings (SSSR count). The Morgan fingerprint density at radius 2 is 2.31 bits per heavy atom. The van der Waals surface area contributed by atoms with Gasteiger partial charge in [0.15, 0.2) is 23.9 Å². The maximum absolute atomic E-state index is 10.5. The molecule has 13 heavy (non-hydrogen) atoms. The fourth-order valence-electron chi connectivity index (χ4n) is 0.764. The molecule has 0 aromatic carbocycles. The number of allylic oxidation sites excluding steroid dienone is 1. The van der Waals surface area contributed by atoms with Gasteiger partial charge in [0.05, 0.1) is 0 Å². The smallest absolute Gasteiger partial charge is 0.216 e. The monoisotopic (exact) mass is 199 g/mol. The fraction of sp³-hybridized carbons (Fsp3) is 0.111. The van der Waals surface area contributed by atoms with Gasteiger partial charge in [0.2, 0.25) is 6.20 Å². The highest BCUT2D eigenvalue weighted by atomic mass is 35.5. The standard InChI is InChI=1S/C9H9NO2.ClH/c1-8(11)4-6-10-5-2-3-9(12)7-10;/h2-7H,1H3;1H/b6-4+;. The number of aromatic hydroxyl groups is 1. The van der Waals surface area contributed by atoms with Gasteiger partial charge in [-0.3, -0.25) is 4.79 Å². The van der Waals surface area contributed by atoms with Crippen molar-refractivity contribution in [3.05, 3.63) is 30.6 Å². The molecule has 0 bridgehead atoms. The summed E-state index contributed by atoms with van der Waals surface area (Å²) in [6, 6.07) is 3.26. The molecule has 0 atom stereocenters. The van der Waals surface area contributed by atoms with Crippen molar-refractivity contribution < 1.29 is 26.9 Å². The van der Waals surface area contributed by atoms with Gasteiger partial charge < -0.3 is 17.5 Å². The molecule has 3 nitrogen and oxygen atoms in total. The van der Waals surface area contributed by atoms with E-state index in [1.54, 1.807) is 29.1 Å². The first kappa shape index (κ1) is 11.6. The van der Waals surface area contributed by atoms with Gasteiger partial charge >= 0.3 is 0 Å². The Balaban J connectivity index is 0.00000144. The zero-order valence-corrected chi connectivity index (χ0v) is 7.90. The lowest BCUT2D eigenvalue weighted by Crippen LogP contribution is -3.00. The zero-order valence-electron chi connectivity index (χ0n) is 7.14. The molecule has 1 aromatic heterocycles. The number of ketones is 1. The second-order valence-electron chi connectivity index (χ2n) is 2.44. The summed E-state index contributed by atoms with van der Waals surface area (Å²) < 4.78 is 1.61. The number of aromatic nitrogens is 1. The highest BCUT2D eigenvalue weighted by Gasteiger charge is 1.96. The highest BCUT2D eigenvalue weighted by Crippen LogP contribution is 1.99. The molecule has 1 aromatic rings. The van der Waals surface area contributed by atoms with Crippen LogP contribution in [0, 0.1) is 0 Å². The van der Waals surface area contributed by atoms with Crippen molar-refractivity contribution in [3.8, 4) is 5.75 Å². The van der Waals surface area contributed by atoms with E-state index in [1.165, 1.54) is 19.2 Å². The van der Waals surface area contributed by atoms with E-state index in [2.05, 4.69) is 0 Å². The molecule has 0 radical (unpaired) electrons. The Morgan fingerprint density at radius 1 is 1.62 bits per heavy atom. The number of hydrogen-bond acceptors (Lipinski definition) is 2. The van der Waals surface area contributed by atoms with Crippen LogP contribution in [0.2, 0.25) is 0 Å². The Labute approximate surface area is 82.7 Å².